The Bertz CT molecular complexity index is 2130. The Morgan fingerprint density at radius 2 is 1.81 bits per heavy atom. The van der Waals surface area contributed by atoms with Gasteiger partial charge in [-0.15, -0.1) is 0 Å². The van der Waals surface area contributed by atoms with E-state index in [1.165, 1.54) is 25.4 Å². The van der Waals surface area contributed by atoms with Gasteiger partial charge in [0.15, 0.2) is 5.60 Å². The molecule has 4 aliphatic rings. The van der Waals surface area contributed by atoms with Crippen molar-refractivity contribution in [2.75, 3.05) is 20.3 Å². The summed E-state index contributed by atoms with van der Waals surface area (Å²) < 4.78 is 101. The predicted molar refractivity (Wildman–Crippen MR) is 206 cm³/mol. The Kier molecular flexibility index (Phi) is 11.9. The highest BCUT2D eigenvalue weighted by Crippen LogP contribution is 2.48. The number of rotatable bonds is 10. The summed E-state index contributed by atoms with van der Waals surface area (Å²) in [7, 11) is -3.10. The largest absolute Gasteiger partial charge is 0.496 e. The maximum atomic E-state index is 14.8. The molecule has 14 nitrogen and oxygen atoms in total. The molecule has 2 aliphatic carbocycles. The molecule has 19 heteroatoms. The Labute approximate surface area is 340 Å². The summed E-state index contributed by atoms with van der Waals surface area (Å²) in [5, 5.41) is 5.89. The molecule has 0 radical (unpaired) electrons. The minimum absolute atomic E-state index is 0.00753. The molecule has 0 bridgehead atoms. The molecule has 2 aromatic rings. The molecule has 6 rings (SSSR count). The molecule has 2 saturated carbocycles. The number of allylic oxidation sites excluding steroid dienone is 1. The van der Waals surface area contributed by atoms with Crippen molar-refractivity contribution >= 4 is 44.6 Å². The number of hydrogen-bond donors (Lipinski definition) is 3. The van der Waals surface area contributed by atoms with Crippen molar-refractivity contribution in [1.29, 1.82) is 0 Å². The van der Waals surface area contributed by atoms with Gasteiger partial charge in [0, 0.05) is 36.9 Å². The number of carbonyl (C=O) groups excluding carboxylic acids is 4. The Morgan fingerprint density at radius 3 is 2.46 bits per heavy atom. The van der Waals surface area contributed by atoms with E-state index in [9.17, 15) is 45.2 Å². The van der Waals surface area contributed by atoms with Gasteiger partial charge in [-0.25, -0.2) is 35.8 Å². The number of benzene rings is 1. The van der Waals surface area contributed by atoms with Gasteiger partial charge in [-0.3, -0.25) is 19.1 Å². The van der Waals surface area contributed by atoms with E-state index in [-0.39, 0.29) is 55.2 Å². The summed E-state index contributed by atoms with van der Waals surface area (Å²) >= 11 is 0. The predicted octanol–water partition coefficient (Wildman–Crippen LogP) is 5.09. The molecule has 3 N–H and O–H groups in total. The first-order valence-electron chi connectivity index (χ1n) is 19.6. The van der Waals surface area contributed by atoms with Crippen LogP contribution in [-0.2, 0) is 29.1 Å². The van der Waals surface area contributed by atoms with E-state index in [2.05, 4.69) is 15.6 Å². The molecule has 7 atom stereocenters. The number of aromatic nitrogens is 1. The number of ether oxygens (including phenoxy) is 3. The maximum absolute atomic E-state index is 14.8. The fraction of sp³-hybridized carbons (Fsp3) is 0.625. The van der Waals surface area contributed by atoms with E-state index in [1.54, 1.807) is 19.1 Å². The second-order valence-corrected chi connectivity index (χ2v) is 19.1. The molecule has 7 unspecified atom stereocenters. The average molecular weight is 854 g/mol. The molecular formula is C40H51F4N5O9S. The van der Waals surface area contributed by atoms with Crippen LogP contribution in [0.15, 0.2) is 36.5 Å². The first kappa shape index (κ1) is 43.9. The fourth-order valence-electron chi connectivity index (χ4n) is 7.84. The number of amides is 4. The summed E-state index contributed by atoms with van der Waals surface area (Å²) in [6, 6.07) is 1.17. The van der Waals surface area contributed by atoms with Crippen LogP contribution >= 0.6 is 0 Å². The van der Waals surface area contributed by atoms with Crippen LogP contribution < -0.4 is 24.8 Å². The highest BCUT2D eigenvalue weighted by Gasteiger charge is 2.64. The van der Waals surface area contributed by atoms with Crippen molar-refractivity contribution in [3.63, 3.8) is 0 Å². The van der Waals surface area contributed by atoms with Crippen LogP contribution in [0, 0.1) is 23.6 Å². The van der Waals surface area contributed by atoms with Crippen molar-refractivity contribution in [2.24, 2.45) is 17.8 Å². The summed E-state index contributed by atoms with van der Waals surface area (Å²) in [5.41, 5.74) is -4.04. The molecule has 2 aliphatic heterocycles. The Balaban J connectivity index is 1.37. The molecule has 0 spiro atoms. The van der Waals surface area contributed by atoms with Gasteiger partial charge in [-0.2, -0.15) is 0 Å². The second-order valence-electron chi connectivity index (χ2n) is 17.1. The lowest BCUT2D eigenvalue weighted by atomic mass is 9.88. The molecule has 1 saturated heterocycles. The van der Waals surface area contributed by atoms with E-state index in [4.69, 9.17) is 14.2 Å². The monoisotopic (exact) mass is 853 g/mol. The van der Waals surface area contributed by atoms with Gasteiger partial charge in [-0.1, -0.05) is 26.0 Å². The van der Waals surface area contributed by atoms with Crippen LogP contribution in [0.1, 0.15) is 79.6 Å². The Morgan fingerprint density at radius 1 is 1.10 bits per heavy atom. The van der Waals surface area contributed by atoms with Gasteiger partial charge in [-0.05, 0) is 76.3 Å². The highest BCUT2D eigenvalue weighted by atomic mass is 32.2. The van der Waals surface area contributed by atoms with Crippen LogP contribution in [0.4, 0.5) is 22.4 Å². The zero-order chi connectivity index (χ0) is 43.3. The number of alkyl halides is 3. The molecule has 3 heterocycles. The summed E-state index contributed by atoms with van der Waals surface area (Å²) in [6.45, 7) is 4.80. The number of hydrogen-bond acceptors (Lipinski definition) is 10. The van der Waals surface area contributed by atoms with Crippen LogP contribution in [0.5, 0.6) is 11.6 Å². The van der Waals surface area contributed by atoms with E-state index >= 15 is 0 Å². The third-order valence-corrected chi connectivity index (χ3v) is 14.3. The number of halogens is 4. The third-order valence-electron chi connectivity index (χ3n) is 12.2. The number of pyridine rings is 1. The van der Waals surface area contributed by atoms with Gasteiger partial charge >= 0.3 is 6.09 Å². The average Bonchev–Trinajstić information content (AvgIpc) is 4.06. The van der Waals surface area contributed by atoms with Crippen molar-refractivity contribution in [1.82, 2.24) is 25.2 Å². The van der Waals surface area contributed by atoms with Gasteiger partial charge in [0.05, 0.1) is 19.0 Å². The maximum Gasteiger partial charge on any atom is 0.408 e. The minimum atomic E-state index is -4.47. The van der Waals surface area contributed by atoms with Crippen molar-refractivity contribution < 1.29 is 59.4 Å². The van der Waals surface area contributed by atoms with Gasteiger partial charge in [0.2, 0.25) is 27.7 Å². The third kappa shape index (κ3) is 8.80. The molecule has 324 valence electrons. The lowest BCUT2D eigenvalue weighted by Gasteiger charge is -2.35. The molecular weight excluding hydrogens is 803 g/mol. The number of carbonyl (C=O) groups is 4. The summed E-state index contributed by atoms with van der Waals surface area (Å²) in [6.07, 6.45) is 4.00. The van der Waals surface area contributed by atoms with Crippen LogP contribution in [-0.4, -0.2) is 102 Å². The van der Waals surface area contributed by atoms with Crippen LogP contribution in [0.2, 0.25) is 0 Å². The standard InChI is InChI=1S/C40H51F4N5O9S/c1-22-9-7-8-10-24-19-40(24,35(52)48-59(54,55)39(21-41)12-13-39)47-32(50)29-18-26(57-33-28-16-25(42)17-30(56-6)27(28)11-14-45-33)20-49(29)34(51)31(23(2)15-22)46-36(53)58-37(3,4)38(5,43)44/h8,10-11,14,16-17,22-24,26,29,31H,7,9,12-13,15,18-21H2,1-6H3,(H,46,53)(H,47,50)(H,48,52). The number of nitrogens with zero attached hydrogens (tertiary/aromatic N) is 2. The minimum Gasteiger partial charge on any atom is -0.496 e. The molecule has 1 aromatic heterocycles. The molecule has 4 amide bonds. The topological polar surface area (TPSA) is 182 Å². The van der Waals surface area contributed by atoms with E-state index in [0.717, 1.165) is 18.7 Å². The molecule has 1 aromatic carbocycles. The number of alkyl carbamates (subject to hydrolysis) is 1. The fourth-order valence-corrected chi connectivity index (χ4v) is 9.27. The van der Waals surface area contributed by atoms with E-state index in [1.807, 2.05) is 17.7 Å². The van der Waals surface area contributed by atoms with Crippen molar-refractivity contribution in [3.8, 4) is 11.6 Å². The molecule has 3 fully saturated rings. The van der Waals surface area contributed by atoms with Gasteiger partial charge < -0.3 is 29.7 Å². The smallest absolute Gasteiger partial charge is 0.408 e. The quantitative estimate of drug-likeness (QED) is 0.215. The molecule has 59 heavy (non-hydrogen) atoms. The summed E-state index contributed by atoms with van der Waals surface area (Å²) in [5.74, 6) is -7.95. The first-order chi connectivity index (χ1) is 27.6. The van der Waals surface area contributed by atoms with Gasteiger partial charge in [0.1, 0.15) is 46.7 Å². The van der Waals surface area contributed by atoms with Crippen molar-refractivity contribution in [2.45, 2.75) is 120 Å². The van der Waals surface area contributed by atoms with Crippen LogP contribution in [0.25, 0.3) is 10.8 Å². The normalized spacial score (nSPS) is 28.6. The summed E-state index contributed by atoms with van der Waals surface area (Å²) in [4.78, 5) is 61.9. The number of fused-ring (bicyclic) bond motifs is 3. The highest BCUT2D eigenvalue weighted by molar-refractivity contribution is 7.91. The number of methoxy groups -OCH3 is 1. The zero-order valence-electron chi connectivity index (χ0n) is 33.8. The van der Waals surface area contributed by atoms with E-state index < -0.39 is 98.2 Å². The van der Waals surface area contributed by atoms with Crippen LogP contribution in [0.3, 0.4) is 0 Å². The SMILES string of the molecule is COc1cc(F)cc2c(OC3CC4C(=O)NC5(C(=O)NS(=O)(=O)C6(CF)CC6)CC5C=CCCC(C)CC(C)C(NC(=O)OC(C)(C)C(C)(F)F)C(=O)N4C3)nccc12. The number of nitrogens with one attached hydrogen (secondary N) is 3. The first-order valence-corrected chi connectivity index (χ1v) is 21.1. The second kappa shape index (κ2) is 16.1. The lowest BCUT2D eigenvalue weighted by molar-refractivity contribution is -0.152. The van der Waals surface area contributed by atoms with Gasteiger partial charge in [0.25, 0.3) is 11.8 Å². The van der Waals surface area contributed by atoms with Crippen molar-refractivity contribution in [3.05, 3.63) is 42.4 Å². The zero-order valence-corrected chi connectivity index (χ0v) is 34.6. The van der Waals surface area contributed by atoms with E-state index in [0.29, 0.717) is 31.6 Å². The number of sulfonamides is 1. The Hall–Kier alpha value is -4.68. The lowest BCUT2D eigenvalue weighted by Crippen LogP contribution is -2.60.